The minimum Gasteiger partial charge on any atom is -0.396 e. The Morgan fingerprint density at radius 3 is 2.74 bits per heavy atom. The minimum absolute atomic E-state index is 0.0757. The Bertz CT molecular complexity index is 415. The summed E-state index contributed by atoms with van der Waals surface area (Å²) in [6, 6.07) is 5.25. The van der Waals surface area contributed by atoms with E-state index < -0.39 is 0 Å². The summed E-state index contributed by atoms with van der Waals surface area (Å²) in [5.41, 5.74) is 1.53. The Balaban J connectivity index is 2.58. The molecule has 106 valence electrons. The number of carbonyl (C=O) groups is 1. The van der Waals surface area contributed by atoms with Crippen LogP contribution in [0, 0.1) is 12.8 Å². The fourth-order valence-corrected chi connectivity index (χ4v) is 2.38. The van der Waals surface area contributed by atoms with Crippen molar-refractivity contribution in [2.24, 2.45) is 5.92 Å². The van der Waals surface area contributed by atoms with Crippen LogP contribution in [0.4, 0.5) is 0 Å². The topological polar surface area (TPSA) is 49.3 Å². The Kier molecular flexibility index (Phi) is 6.89. The highest BCUT2D eigenvalue weighted by atomic mass is 35.5. The first-order valence-corrected chi connectivity index (χ1v) is 7.11. The number of nitrogens with one attached hydrogen (secondary N) is 1. The van der Waals surface area contributed by atoms with Crippen LogP contribution in [-0.2, 0) is 0 Å². The number of halogens is 1. The van der Waals surface area contributed by atoms with E-state index in [0.717, 1.165) is 24.8 Å². The zero-order chi connectivity index (χ0) is 14.3. The van der Waals surface area contributed by atoms with Crippen LogP contribution in [0.1, 0.15) is 42.1 Å². The van der Waals surface area contributed by atoms with Crippen molar-refractivity contribution in [3.05, 3.63) is 34.3 Å². The van der Waals surface area contributed by atoms with E-state index in [2.05, 4.69) is 12.2 Å². The molecule has 0 aliphatic carbocycles. The summed E-state index contributed by atoms with van der Waals surface area (Å²) in [4.78, 5) is 12.1. The van der Waals surface area contributed by atoms with Gasteiger partial charge in [0.1, 0.15) is 0 Å². The number of benzene rings is 1. The highest BCUT2D eigenvalue weighted by Crippen LogP contribution is 2.15. The zero-order valence-corrected chi connectivity index (χ0v) is 12.3. The van der Waals surface area contributed by atoms with Gasteiger partial charge in [-0.05, 0) is 49.4 Å². The van der Waals surface area contributed by atoms with Crippen molar-refractivity contribution in [3.63, 3.8) is 0 Å². The number of aliphatic hydroxyl groups is 1. The lowest BCUT2D eigenvalue weighted by Crippen LogP contribution is -2.30. The van der Waals surface area contributed by atoms with E-state index in [1.54, 1.807) is 18.2 Å². The molecule has 1 atom stereocenters. The van der Waals surface area contributed by atoms with Gasteiger partial charge in [0, 0.05) is 23.7 Å². The van der Waals surface area contributed by atoms with Gasteiger partial charge in [-0.1, -0.05) is 24.9 Å². The lowest BCUT2D eigenvalue weighted by Gasteiger charge is -2.16. The van der Waals surface area contributed by atoms with Crippen LogP contribution in [0.25, 0.3) is 0 Å². The van der Waals surface area contributed by atoms with Crippen molar-refractivity contribution in [2.45, 2.75) is 33.1 Å². The third kappa shape index (κ3) is 5.21. The SMILES string of the molecule is CCCC(CCO)CNC(=O)c1ccc(Cl)cc1C. The van der Waals surface area contributed by atoms with Crippen LogP contribution in [0.2, 0.25) is 5.02 Å². The van der Waals surface area contributed by atoms with E-state index in [4.69, 9.17) is 16.7 Å². The second-order valence-corrected chi connectivity index (χ2v) is 5.27. The van der Waals surface area contributed by atoms with Gasteiger partial charge in [0.15, 0.2) is 0 Å². The molecular formula is C15H22ClNO2. The van der Waals surface area contributed by atoms with Gasteiger partial charge in [-0.25, -0.2) is 0 Å². The van der Waals surface area contributed by atoms with Crippen molar-refractivity contribution in [1.29, 1.82) is 0 Å². The Morgan fingerprint density at radius 1 is 1.42 bits per heavy atom. The Hall–Kier alpha value is -1.06. The maximum Gasteiger partial charge on any atom is 0.251 e. The van der Waals surface area contributed by atoms with Crippen molar-refractivity contribution in [2.75, 3.05) is 13.2 Å². The summed E-state index contributed by atoms with van der Waals surface area (Å²) in [5, 5.41) is 12.6. The summed E-state index contributed by atoms with van der Waals surface area (Å²) in [5.74, 6) is 0.264. The average molecular weight is 284 g/mol. The number of hydrogen-bond donors (Lipinski definition) is 2. The standard InChI is InChI=1S/C15H22ClNO2/c1-3-4-12(7-8-18)10-17-15(19)14-6-5-13(16)9-11(14)2/h5-6,9,12,18H,3-4,7-8,10H2,1-2H3,(H,17,19). The average Bonchev–Trinajstić information content (AvgIpc) is 2.36. The molecule has 0 aliphatic heterocycles. The molecule has 0 aliphatic rings. The molecule has 19 heavy (non-hydrogen) atoms. The summed E-state index contributed by atoms with van der Waals surface area (Å²) >= 11 is 5.87. The van der Waals surface area contributed by atoms with Crippen LogP contribution in [0.5, 0.6) is 0 Å². The molecule has 3 nitrogen and oxygen atoms in total. The second kappa shape index (κ2) is 8.18. The second-order valence-electron chi connectivity index (χ2n) is 4.84. The molecule has 1 aromatic rings. The molecule has 0 aromatic heterocycles. The number of rotatable bonds is 7. The lowest BCUT2D eigenvalue weighted by molar-refractivity contribution is 0.0942. The van der Waals surface area contributed by atoms with Crippen LogP contribution in [-0.4, -0.2) is 24.2 Å². The maximum atomic E-state index is 12.1. The summed E-state index contributed by atoms with van der Waals surface area (Å²) in [7, 11) is 0. The highest BCUT2D eigenvalue weighted by molar-refractivity contribution is 6.30. The number of amides is 1. The molecule has 0 radical (unpaired) electrons. The van der Waals surface area contributed by atoms with Gasteiger partial charge in [0.05, 0.1) is 0 Å². The quantitative estimate of drug-likeness (QED) is 0.807. The van der Waals surface area contributed by atoms with Gasteiger partial charge in [-0.15, -0.1) is 0 Å². The molecule has 1 rings (SSSR count). The van der Waals surface area contributed by atoms with E-state index in [-0.39, 0.29) is 12.5 Å². The molecule has 0 bridgehead atoms. The molecule has 2 N–H and O–H groups in total. The lowest BCUT2D eigenvalue weighted by atomic mass is 10.00. The van der Waals surface area contributed by atoms with Gasteiger partial charge in [-0.3, -0.25) is 4.79 Å². The minimum atomic E-state index is -0.0757. The number of hydrogen-bond acceptors (Lipinski definition) is 2. The Labute approximate surface area is 120 Å². The predicted octanol–water partition coefficient (Wildman–Crippen LogP) is 3.18. The first-order chi connectivity index (χ1) is 9.08. The predicted molar refractivity (Wildman–Crippen MR) is 78.6 cm³/mol. The molecule has 0 saturated heterocycles. The van der Waals surface area contributed by atoms with E-state index >= 15 is 0 Å². The van der Waals surface area contributed by atoms with Crippen molar-refractivity contribution in [3.8, 4) is 0 Å². The van der Waals surface area contributed by atoms with Crippen molar-refractivity contribution < 1.29 is 9.90 Å². The molecule has 4 heteroatoms. The first kappa shape index (κ1) is 16.0. The zero-order valence-electron chi connectivity index (χ0n) is 11.6. The first-order valence-electron chi connectivity index (χ1n) is 6.73. The van der Waals surface area contributed by atoms with Gasteiger partial charge in [0.25, 0.3) is 5.91 Å². The van der Waals surface area contributed by atoms with Crippen LogP contribution >= 0.6 is 11.6 Å². The summed E-state index contributed by atoms with van der Waals surface area (Å²) < 4.78 is 0. The molecule has 1 amide bonds. The van der Waals surface area contributed by atoms with Crippen LogP contribution < -0.4 is 5.32 Å². The van der Waals surface area contributed by atoms with Gasteiger partial charge >= 0.3 is 0 Å². The molecular weight excluding hydrogens is 262 g/mol. The molecule has 1 aromatic carbocycles. The Morgan fingerprint density at radius 2 is 2.16 bits per heavy atom. The van der Waals surface area contributed by atoms with Gasteiger partial charge in [0.2, 0.25) is 0 Å². The van der Waals surface area contributed by atoms with Crippen LogP contribution in [0.3, 0.4) is 0 Å². The van der Waals surface area contributed by atoms with Crippen molar-refractivity contribution >= 4 is 17.5 Å². The molecule has 0 heterocycles. The van der Waals surface area contributed by atoms with Gasteiger partial charge in [-0.2, -0.15) is 0 Å². The largest absolute Gasteiger partial charge is 0.396 e. The molecule has 1 unspecified atom stereocenters. The fourth-order valence-electron chi connectivity index (χ4n) is 2.15. The van der Waals surface area contributed by atoms with E-state index in [0.29, 0.717) is 23.0 Å². The highest BCUT2D eigenvalue weighted by Gasteiger charge is 2.12. The number of carbonyl (C=O) groups excluding carboxylic acids is 1. The van der Waals surface area contributed by atoms with E-state index in [1.165, 1.54) is 0 Å². The van der Waals surface area contributed by atoms with E-state index in [9.17, 15) is 4.79 Å². The molecule has 0 saturated carbocycles. The number of aryl methyl sites for hydroxylation is 1. The number of aliphatic hydroxyl groups excluding tert-OH is 1. The monoisotopic (exact) mass is 283 g/mol. The summed E-state index contributed by atoms with van der Waals surface area (Å²) in [6.45, 7) is 4.75. The normalized spacial score (nSPS) is 12.2. The summed E-state index contributed by atoms with van der Waals surface area (Å²) in [6.07, 6.45) is 2.80. The van der Waals surface area contributed by atoms with Gasteiger partial charge < -0.3 is 10.4 Å². The smallest absolute Gasteiger partial charge is 0.251 e. The third-order valence-corrected chi connectivity index (χ3v) is 3.45. The third-order valence-electron chi connectivity index (χ3n) is 3.22. The van der Waals surface area contributed by atoms with Crippen LogP contribution in [0.15, 0.2) is 18.2 Å². The van der Waals surface area contributed by atoms with Crippen molar-refractivity contribution in [1.82, 2.24) is 5.32 Å². The molecule has 0 fully saturated rings. The molecule has 0 spiro atoms. The fraction of sp³-hybridized carbons (Fsp3) is 0.533. The van der Waals surface area contributed by atoms with E-state index in [1.807, 2.05) is 6.92 Å². The maximum absolute atomic E-state index is 12.1.